The first-order valence-electron chi connectivity index (χ1n) is 7.86. The molecule has 0 aromatic carbocycles. The number of esters is 1. The van der Waals surface area contributed by atoms with Gasteiger partial charge in [-0.15, -0.1) is 0 Å². The van der Waals surface area contributed by atoms with Gasteiger partial charge in [-0.25, -0.2) is 4.79 Å². The van der Waals surface area contributed by atoms with Crippen LogP contribution in [0.2, 0.25) is 0 Å². The quantitative estimate of drug-likeness (QED) is 0.536. The molecule has 2 fully saturated rings. The zero-order chi connectivity index (χ0) is 18.4. The minimum absolute atomic E-state index is 0.0570. The highest BCUT2D eigenvalue weighted by molar-refractivity contribution is 5.65. The number of aliphatic hydroxyl groups is 2. The SMILES string of the molecule is CC(=O)OC[C@H]1C[C@]2(O)[C@H](O1)[C@H](n1cc(C)c(=O)[nH]c1=O)O[C@@H]2CO. The highest BCUT2D eigenvalue weighted by Crippen LogP contribution is 2.46. The fraction of sp³-hybridized carbons (Fsp3) is 0.667. The molecule has 0 unspecified atom stereocenters. The van der Waals surface area contributed by atoms with Gasteiger partial charge in [0.2, 0.25) is 0 Å². The second-order valence-electron chi connectivity index (χ2n) is 6.35. The Morgan fingerprint density at radius 3 is 2.84 bits per heavy atom. The van der Waals surface area contributed by atoms with E-state index < -0.39 is 54.0 Å². The van der Waals surface area contributed by atoms with Gasteiger partial charge in [-0.1, -0.05) is 0 Å². The average molecular weight is 356 g/mol. The van der Waals surface area contributed by atoms with Crippen LogP contribution < -0.4 is 11.2 Å². The van der Waals surface area contributed by atoms with Crippen molar-refractivity contribution in [3.05, 3.63) is 32.6 Å². The third-order valence-electron chi connectivity index (χ3n) is 4.56. The van der Waals surface area contributed by atoms with E-state index in [0.717, 1.165) is 4.57 Å². The van der Waals surface area contributed by atoms with Crippen molar-refractivity contribution in [2.45, 2.75) is 50.4 Å². The minimum atomic E-state index is -1.55. The van der Waals surface area contributed by atoms with E-state index >= 15 is 0 Å². The van der Waals surface area contributed by atoms with Crippen LogP contribution >= 0.6 is 0 Å². The lowest BCUT2D eigenvalue weighted by atomic mass is 9.89. The molecule has 1 aromatic rings. The summed E-state index contributed by atoms with van der Waals surface area (Å²) >= 11 is 0. The van der Waals surface area contributed by atoms with Crippen molar-refractivity contribution in [2.75, 3.05) is 13.2 Å². The normalized spacial score (nSPS) is 34.1. The summed E-state index contributed by atoms with van der Waals surface area (Å²) in [7, 11) is 0. The maximum Gasteiger partial charge on any atom is 0.330 e. The van der Waals surface area contributed by atoms with Crippen molar-refractivity contribution in [3.8, 4) is 0 Å². The van der Waals surface area contributed by atoms with E-state index in [2.05, 4.69) is 4.98 Å². The van der Waals surface area contributed by atoms with E-state index in [9.17, 15) is 24.6 Å². The van der Waals surface area contributed by atoms with Gasteiger partial charge in [0.15, 0.2) is 6.23 Å². The fourth-order valence-corrected chi connectivity index (χ4v) is 3.34. The molecule has 0 spiro atoms. The molecule has 3 rings (SSSR count). The Kier molecular flexibility index (Phi) is 4.54. The second kappa shape index (κ2) is 6.37. The van der Waals surface area contributed by atoms with Crippen LogP contribution in [-0.4, -0.2) is 62.9 Å². The van der Waals surface area contributed by atoms with Crippen LogP contribution in [0.25, 0.3) is 0 Å². The third-order valence-corrected chi connectivity index (χ3v) is 4.56. The molecule has 2 aliphatic rings. The Balaban J connectivity index is 1.92. The number of carbonyl (C=O) groups excluding carboxylic acids is 1. The zero-order valence-corrected chi connectivity index (χ0v) is 13.8. The number of aromatic amines is 1. The Labute approximate surface area is 141 Å². The number of H-pyrrole nitrogens is 1. The number of fused-ring (bicyclic) bond motifs is 1. The molecule has 3 N–H and O–H groups in total. The molecule has 3 heterocycles. The molecule has 2 saturated heterocycles. The van der Waals surface area contributed by atoms with Crippen molar-refractivity contribution >= 4 is 5.97 Å². The molecular weight excluding hydrogens is 336 g/mol. The monoisotopic (exact) mass is 356 g/mol. The Morgan fingerprint density at radius 2 is 2.20 bits per heavy atom. The topological polar surface area (TPSA) is 140 Å². The van der Waals surface area contributed by atoms with E-state index in [1.54, 1.807) is 0 Å². The van der Waals surface area contributed by atoms with Crippen molar-refractivity contribution in [3.63, 3.8) is 0 Å². The molecule has 0 aliphatic carbocycles. The van der Waals surface area contributed by atoms with Gasteiger partial charge in [-0.3, -0.25) is 19.1 Å². The van der Waals surface area contributed by atoms with E-state index in [1.165, 1.54) is 20.0 Å². The number of rotatable bonds is 4. The fourth-order valence-electron chi connectivity index (χ4n) is 3.34. The van der Waals surface area contributed by atoms with E-state index in [0.29, 0.717) is 0 Å². The van der Waals surface area contributed by atoms with Crippen LogP contribution in [0.15, 0.2) is 15.8 Å². The molecule has 2 aliphatic heterocycles. The predicted molar refractivity (Wildman–Crippen MR) is 81.9 cm³/mol. The number of hydrogen-bond donors (Lipinski definition) is 3. The molecule has 0 bridgehead atoms. The lowest BCUT2D eigenvalue weighted by molar-refractivity contribution is -0.147. The maximum atomic E-state index is 12.1. The predicted octanol–water partition coefficient (Wildman–Crippen LogP) is -1.81. The summed E-state index contributed by atoms with van der Waals surface area (Å²) < 4.78 is 17.4. The lowest BCUT2D eigenvalue weighted by Crippen LogP contribution is -2.46. The molecule has 10 heteroatoms. The third kappa shape index (κ3) is 3.01. The summed E-state index contributed by atoms with van der Waals surface area (Å²) in [5.74, 6) is -0.480. The van der Waals surface area contributed by atoms with Crippen LogP contribution in [0, 0.1) is 6.92 Å². The lowest BCUT2D eigenvalue weighted by Gasteiger charge is -2.24. The van der Waals surface area contributed by atoms with Crippen LogP contribution in [0.4, 0.5) is 0 Å². The number of aryl methyl sites for hydroxylation is 1. The molecule has 25 heavy (non-hydrogen) atoms. The highest BCUT2D eigenvalue weighted by atomic mass is 16.6. The van der Waals surface area contributed by atoms with Gasteiger partial charge < -0.3 is 24.4 Å². The number of nitrogens with one attached hydrogen (secondary N) is 1. The van der Waals surface area contributed by atoms with Crippen molar-refractivity contribution in [1.29, 1.82) is 0 Å². The Bertz CT molecular complexity index is 786. The molecule has 0 saturated carbocycles. The van der Waals surface area contributed by atoms with Crippen LogP contribution in [0.5, 0.6) is 0 Å². The van der Waals surface area contributed by atoms with Crippen molar-refractivity contribution in [1.82, 2.24) is 9.55 Å². The zero-order valence-electron chi connectivity index (χ0n) is 13.8. The first-order chi connectivity index (χ1) is 11.8. The van der Waals surface area contributed by atoms with Crippen LogP contribution in [-0.2, 0) is 19.0 Å². The van der Waals surface area contributed by atoms with Crippen LogP contribution in [0.3, 0.4) is 0 Å². The van der Waals surface area contributed by atoms with Crippen LogP contribution in [0.1, 0.15) is 25.1 Å². The standard InChI is InChI=1S/C15H20N2O8/c1-7-4-17(14(21)16-12(7)20)13-11-15(22,10(5-18)25-13)3-9(24-11)6-23-8(2)19/h4,9-11,13,18,22H,3,5-6H2,1-2H3,(H,16,20,21)/t9-,10-,11-,13-,15-/m1/s1. The first-order valence-corrected chi connectivity index (χ1v) is 7.86. The van der Waals surface area contributed by atoms with E-state index in [4.69, 9.17) is 14.2 Å². The highest BCUT2D eigenvalue weighted by Gasteiger charge is 2.62. The Morgan fingerprint density at radius 1 is 1.48 bits per heavy atom. The summed E-state index contributed by atoms with van der Waals surface area (Å²) in [6.07, 6.45) is -2.19. The number of carbonyl (C=O) groups is 1. The molecule has 5 atom stereocenters. The summed E-state index contributed by atoms with van der Waals surface area (Å²) in [6.45, 7) is 2.25. The largest absolute Gasteiger partial charge is 0.463 e. The molecule has 10 nitrogen and oxygen atoms in total. The molecule has 1 aromatic heterocycles. The van der Waals surface area contributed by atoms with E-state index in [-0.39, 0.29) is 18.6 Å². The summed E-state index contributed by atoms with van der Waals surface area (Å²) in [5.41, 5.74) is -2.50. The van der Waals surface area contributed by atoms with Gasteiger partial charge >= 0.3 is 11.7 Å². The number of hydrogen-bond acceptors (Lipinski definition) is 8. The van der Waals surface area contributed by atoms with Crippen molar-refractivity contribution < 1.29 is 29.2 Å². The van der Waals surface area contributed by atoms with Gasteiger partial charge in [0, 0.05) is 25.1 Å². The smallest absolute Gasteiger partial charge is 0.330 e. The maximum absolute atomic E-state index is 12.1. The first kappa shape index (κ1) is 17.8. The average Bonchev–Trinajstić information content (AvgIpc) is 3.00. The minimum Gasteiger partial charge on any atom is -0.463 e. The second-order valence-corrected chi connectivity index (χ2v) is 6.35. The van der Waals surface area contributed by atoms with Gasteiger partial charge in [0.05, 0.1) is 12.7 Å². The molecule has 0 amide bonds. The van der Waals surface area contributed by atoms with Crippen molar-refractivity contribution in [2.24, 2.45) is 0 Å². The number of ether oxygens (including phenoxy) is 3. The van der Waals surface area contributed by atoms with Gasteiger partial charge in [0.1, 0.15) is 24.4 Å². The number of aliphatic hydroxyl groups excluding tert-OH is 1. The number of nitrogens with zero attached hydrogens (tertiary/aromatic N) is 1. The molecule has 0 radical (unpaired) electrons. The summed E-state index contributed by atoms with van der Waals surface area (Å²) in [5, 5.41) is 20.5. The summed E-state index contributed by atoms with van der Waals surface area (Å²) in [6, 6.07) is 0. The van der Waals surface area contributed by atoms with Gasteiger partial charge in [-0.05, 0) is 6.92 Å². The van der Waals surface area contributed by atoms with Gasteiger partial charge in [0.25, 0.3) is 5.56 Å². The molecule has 138 valence electrons. The molecular formula is C15H20N2O8. The Hall–Kier alpha value is -2.01. The van der Waals surface area contributed by atoms with Gasteiger partial charge in [-0.2, -0.15) is 0 Å². The number of aromatic nitrogens is 2. The van der Waals surface area contributed by atoms with E-state index in [1.807, 2.05) is 0 Å². The summed E-state index contributed by atoms with van der Waals surface area (Å²) in [4.78, 5) is 36.8.